The van der Waals surface area contributed by atoms with Crippen LogP contribution in [-0.4, -0.2) is 60.5 Å². The second-order valence-electron chi connectivity index (χ2n) is 9.80. The average molecular weight is 539 g/mol. The molecule has 3 aromatic rings. The first-order chi connectivity index (χ1) is 19.4. The predicted octanol–water partition coefficient (Wildman–Crippen LogP) is 4.34. The third-order valence-electron chi connectivity index (χ3n) is 7.30. The Hall–Kier alpha value is -4.99. The number of nitrogens with one attached hydrogen (secondary N) is 2. The number of ketones is 2. The van der Waals surface area contributed by atoms with E-state index in [0.29, 0.717) is 40.4 Å². The van der Waals surface area contributed by atoms with Gasteiger partial charge in [-0.1, -0.05) is 36.4 Å². The summed E-state index contributed by atoms with van der Waals surface area (Å²) in [5.41, 5.74) is 2.12. The van der Waals surface area contributed by atoms with Crippen molar-refractivity contribution in [2.24, 2.45) is 4.99 Å². The van der Waals surface area contributed by atoms with Crippen LogP contribution in [0.2, 0.25) is 0 Å². The molecule has 3 aliphatic rings. The molecule has 202 valence electrons. The lowest BCUT2D eigenvalue weighted by Gasteiger charge is -2.22. The third-order valence-corrected chi connectivity index (χ3v) is 7.30. The lowest BCUT2D eigenvalue weighted by Crippen LogP contribution is -2.40. The Morgan fingerprint density at radius 3 is 2.50 bits per heavy atom. The molecule has 2 N–H and O–H groups in total. The summed E-state index contributed by atoms with van der Waals surface area (Å²) in [5, 5.41) is 5.35. The van der Waals surface area contributed by atoms with Crippen molar-refractivity contribution in [1.82, 2.24) is 10.2 Å². The highest BCUT2D eigenvalue weighted by atomic mass is 16.5. The van der Waals surface area contributed by atoms with Gasteiger partial charge in [-0.15, -0.1) is 0 Å². The van der Waals surface area contributed by atoms with Crippen molar-refractivity contribution in [1.29, 1.82) is 0 Å². The minimum absolute atomic E-state index is 0.0288. The third kappa shape index (κ3) is 4.27. The molecule has 0 bridgehead atoms. The first kappa shape index (κ1) is 25.3. The average Bonchev–Trinajstić information content (AvgIpc) is 3.38. The first-order valence-electron chi connectivity index (χ1n) is 13.0. The van der Waals surface area contributed by atoms with Gasteiger partial charge < -0.3 is 25.0 Å². The summed E-state index contributed by atoms with van der Waals surface area (Å²) in [6, 6.07) is 13.9. The molecule has 0 aromatic heterocycles. The van der Waals surface area contributed by atoms with Gasteiger partial charge in [0.15, 0.2) is 29.3 Å². The quantitative estimate of drug-likeness (QED) is 0.364. The summed E-state index contributed by atoms with van der Waals surface area (Å²) in [6.07, 6.45) is 2.76. The number of hydrogen-bond acceptors (Lipinski definition) is 7. The van der Waals surface area contributed by atoms with Gasteiger partial charge >= 0.3 is 6.03 Å². The van der Waals surface area contributed by atoms with E-state index in [4.69, 9.17) is 9.47 Å². The summed E-state index contributed by atoms with van der Waals surface area (Å²) in [5.74, 6) is -0.0878. The van der Waals surface area contributed by atoms with Gasteiger partial charge in [0.25, 0.3) is 5.91 Å². The number of hydrogen-bond donors (Lipinski definition) is 2. The lowest BCUT2D eigenvalue weighted by molar-refractivity contribution is 0.0774. The molecule has 10 nitrogen and oxygen atoms in total. The van der Waals surface area contributed by atoms with E-state index in [0.717, 1.165) is 12.8 Å². The fourth-order valence-corrected chi connectivity index (χ4v) is 5.41. The molecule has 1 saturated heterocycles. The zero-order valence-corrected chi connectivity index (χ0v) is 21.9. The molecule has 0 unspecified atom stereocenters. The second-order valence-corrected chi connectivity index (χ2v) is 9.80. The Balaban J connectivity index is 1.19. The fourth-order valence-electron chi connectivity index (χ4n) is 5.41. The van der Waals surface area contributed by atoms with Gasteiger partial charge in [0.1, 0.15) is 0 Å². The smallest absolute Gasteiger partial charge is 0.322 e. The van der Waals surface area contributed by atoms with E-state index in [1.165, 1.54) is 7.11 Å². The van der Waals surface area contributed by atoms with Crippen LogP contribution in [0.4, 0.5) is 16.2 Å². The van der Waals surface area contributed by atoms with Crippen molar-refractivity contribution < 1.29 is 28.7 Å². The standard InChI is InChI=1S/C30H26N4O6/c1-16(40-25-14-23-21(13-24(25)39-2)29(37)34-12-6-7-17(34)15-31-23)32-30(38)33-22-11-5-10-20-26(22)28(36)19-9-4-3-8-18(19)27(20)35/h3-5,8-11,13-17H,6-7,12H2,1-2H3,(H2,32,33,38)/t16-,17-/m0/s1. The van der Waals surface area contributed by atoms with E-state index in [-0.39, 0.29) is 40.3 Å². The molecule has 1 fully saturated rings. The van der Waals surface area contributed by atoms with Crippen LogP contribution in [-0.2, 0) is 0 Å². The van der Waals surface area contributed by atoms with Gasteiger partial charge in [-0.25, -0.2) is 4.79 Å². The molecule has 2 heterocycles. The van der Waals surface area contributed by atoms with Crippen molar-refractivity contribution in [3.63, 3.8) is 0 Å². The molecule has 2 atom stereocenters. The zero-order chi connectivity index (χ0) is 28.0. The molecule has 0 saturated carbocycles. The number of methoxy groups -OCH3 is 1. The molecule has 10 heteroatoms. The lowest BCUT2D eigenvalue weighted by atomic mass is 9.83. The fraction of sp³-hybridized carbons (Fsp3) is 0.233. The van der Waals surface area contributed by atoms with Gasteiger partial charge in [-0.3, -0.25) is 19.4 Å². The van der Waals surface area contributed by atoms with Crippen molar-refractivity contribution in [3.8, 4) is 11.5 Å². The van der Waals surface area contributed by atoms with Crippen LogP contribution < -0.4 is 20.1 Å². The monoisotopic (exact) mass is 538 g/mol. The highest BCUT2D eigenvalue weighted by Crippen LogP contribution is 2.38. The summed E-state index contributed by atoms with van der Waals surface area (Å²) in [6.45, 7) is 2.31. The number of nitrogens with zero attached hydrogens (tertiary/aromatic N) is 2. The first-order valence-corrected chi connectivity index (χ1v) is 13.0. The highest BCUT2D eigenvalue weighted by Gasteiger charge is 2.33. The van der Waals surface area contributed by atoms with Gasteiger partial charge in [-0.2, -0.15) is 0 Å². The van der Waals surface area contributed by atoms with Gasteiger partial charge in [-0.05, 0) is 31.9 Å². The maximum Gasteiger partial charge on any atom is 0.322 e. The maximum atomic E-state index is 13.2. The van der Waals surface area contributed by atoms with Crippen LogP contribution in [0.1, 0.15) is 62.0 Å². The minimum atomic E-state index is -0.835. The van der Waals surface area contributed by atoms with E-state index in [9.17, 15) is 19.2 Å². The van der Waals surface area contributed by atoms with E-state index < -0.39 is 12.3 Å². The largest absolute Gasteiger partial charge is 0.493 e. The molecular weight excluding hydrogens is 512 g/mol. The number of benzene rings is 3. The Morgan fingerprint density at radius 1 is 0.975 bits per heavy atom. The topological polar surface area (TPSA) is 126 Å². The van der Waals surface area contributed by atoms with Crippen molar-refractivity contribution in [2.75, 3.05) is 19.0 Å². The summed E-state index contributed by atoms with van der Waals surface area (Å²) in [7, 11) is 1.47. The Labute approximate surface area is 230 Å². The predicted molar refractivity (Wildman–Crippen MR) is 147 cm³/mol. The summed E-state index contributed by atoms with van der Waals surface area (Å²) < 4.78 is 11.4. The number of anilines is 1. The summed E-state index contributed by atoms with van der Waals surface area (Å²) in [4.78, 5) is 58.5. The number of rotatable bonds is 5. The van der Waals surface area contributed by atoms with Crippen LogP contribution in [0.15, 0.2) is 59.6 Å². The molecule has 2 aliphatic heterocycles. The van der Waals surface area contributed by atoms with Crippen molar-refractivity contribution in [3.05, 3.63) is 82.4 Å². The molecule has 0 spiro atoms. The summed E-state index contributed by atoms with van der Waals surface area (Å²) >= 11 is 0. The number of fused-ring (bicyclic) bond motifs is 4. The number of carbonyl (C=O) groups is 4. The van der Waals surface area contributed by atoms with Gasteiger partial charge in [0.05, 0.1) is 35.7 Å². The van der Waals surface area contributed by atoms with E-state index in [2.05, 4.69) is 15.6 Å². The van der Waals surface area contributed by atoms with Crippen LogP contribution in [0, 0.1) is 0 Å². The SMILES string of the molecule is COc1cc2c(cc1O[C@@H](C)NC(=O)Nc1cccc3c1C(=O)c1ccccc1C3=O)N=C[C@@H]1CCCN1C2=O. The Bertz CT molecular complexity index is 1610. The Morgan fingerprint density at radius 2 is 1.73 bits per heavy atom. The molecule has 6 rings (SSSR count). The zero-order valence-electron chi connectivity index (χ0n) is 21.9. The number of aliphatic imine (C=N–C) groups is 1. The maximum absolute atomic E-state index is 13.2. The van der Waals surface area contributed by atoms with Crippen LogP contribution in [0.5, 0.6) is 11.5 Å². The molecule has 40 heavy (non-hydrogen) atoms. The van der Waals surface area contributed by atoms with E-state index in [1.54, 1.807) is 67.7 Å². The number of ether oxygens (including phenoxy) is 2. The normalized spacial score (nSPS) is 17.7. The second kappa shape index (κ2) is 9.96. The number of urea groups is 1. The highest BCUT2D eigenvalue weighted by molar-refractivity contribution is 6.30. The molecular formula is C30H26N4O6. The van der Waals surface area contributed by atoms with Crippen LogP contribution in [0.3, 0.4) is 0 Å². The number of carbonyl (C=O) groups excluding carboxylic acids is 4. The molecule has 1 aliphatic carbocycles. The number of amides is 3. The molecule has 0 radical (unpaired) electrons. The minimum Gasteiger partial charge on any atom is -0.493 e. The van der Waals surface area contributed by atoms with Crippen molar-refractivity contribution in [2.45, 2.75) is 32.0 Å². The van der Waals surface area contributed by atoms with Crippen LogP contribution in [0.25, 0.3) is 0 Å². The van der Waals surface area contributed by atoms with Gasteiger partial charge in [0, 0.05) is 35.5 Å². The molecule has 3 amide bonds. The van der Waals surface area contributed by atoms with E-state index in [1.807, 2.05) is 4.90 Å². The Kier molecular flexibility index (Phi) is 6.30. The van der Waals surface area contributed by atoms with Crippen molar-refractivity contribution >= 4 is 41.1 Å². The van der Waals surface area contributed by atoms with Gasteiger partial charge in [0.2, 0.25) is 0 Å². The van der Waals surface area contributed by atoms with Crippen LogP contribution >= 0.6 is 0 Å². The van der Waals surface area contributed by atoms with E-state index >= 15 is 0 Å². The molecule has 3 aromatic carbocycles.